The van der Waals surface area contributed by atoms with E-state index in [1.54, 1.807) is 22.7 Å². The number of nitrogens with one attached hydrogen (secondary N) is 1. The average Bonchev–Trinajstić information content (AvgIpc) is 3.54. The first-order valence-electron chi connectivity index (χ1n) is 10.4. The van der Waals surface area contributed by atoms with Crippen LogP contribution in [0.2, 0.25) is 0 Å². The van der Waals surface area contributed by atoms with Gasteiger partial charge < -0.3 is 19.7 Å². The van der Waals surface area contributed by atoms with Crippen molar-refractivity contribution in [1.29, 1.82) is 0 Å². The van der Waals surface area contributed by atoms with E-state index in [4.69, 9.17) is 19.4 Å². The molecule has 0 aliphatic carbocycles. The third kappa shape index (κ3) is 3.00. The highest BCUT2D eigenvalue weighted by Gasteiger charge is 2.26. The molecule has 6 nitrogen and oxygen atoms in total. The number of hydrogen-bond donors (Lipinski definition) is 1. The van der Waals surface area contributed by atoms with Crippen molar-refractivity contribution in [2.24, 2.45) is 0 Å². The van der Waals surface area contributed by atoms with E-state index < -0.39 is 0 Å². The fourth-order valence-electron chi connectivity index (χ4n) is 4.29. The quantitative estimate of drug-likeness (QED) is 0.338. The van der Waals surface area contributed by atoms with Crippen LogP contribution in [0.5, 0.6) is 11.5 Å². The van der Waals surface area contributed by atoms with Gasteiger partial charge in [0.1, 0.15) is 10.0 Å². The lowest BCUT2D eigenvalue weighted by Gasteiger charge is -2.22. The molecule has 0 spiro atoms. The van der Waals surface area contributed by atoms with Crippen LogP contribution < -0.4 is 14.8 Å². The Morgan fingerprint density at radius 3 is 2.75 bits per heavy atom. The van der Waals surface area contributed by atoms with Gasteiger partial charge in [-0.2, -0.15) is 0 Å². The Bertz CT molecular complexity index is 1430. The molecule has 0 radical (unpaired) electrons. The first kappa shape index (κ1) is 18.8. The van der Waals surface area contributed by atoms with Crippen molar-refractivity contribution in [2.45, 2.75) is 13.0 Å². The minimum absolute atomic E-state index is 0.276. The Morgan fingerprint density at radius 1 is 0.969 bits per heavy atom. The summed E-state index contributed by atoms with van der Waals surface area (Å²) in [5.74, 6) is 1.55. The van der Waals surface area contributed by atoms with E-state index in [2.05, 4.69) is 41.5 Å². The van der Waals surface area contributed by atoms with Crippen molar-refractivity contribution in [3.63, 3.8) is 0 Å². The second-order valence-corrected chi connectivity index (χ2v) is 11.2. The summed E-state index contributed by atoms with van der Waals surface area (Å²) in [6.45, 7) is 2.31. The molecule has 9 heteroatoms. The molecular weight excluding hydrogens is 460 g/mol. The van der Waals surface area contributed by atoms with E-state index in [0.717, 1.165) is 61.9 Å². The lowest BCUT2D eigenvalue weighted by Crippen LogP contribution is -2.25. The number of anilines is 2. The Morgan fingerprint density at radius 2 is 1.84 bits per heavy atom. The molecule has 0 fully saturated rings. The van der Waals surface area contributed by atoms with Gasteiger partial charge in [-0.25, -0.2) is 9.97 Å². The molecule has 5 heterocycles. The fourth-order valence-corrected chi connectivity index (χ4v) is 7.68. The zero-order chi connectivity index (χ0) is 21.2. The third-order valence-corrected chi connectivity index (χ3v) is 8.98. The molecule has 0 amide bonds. The Balaban J connectivity index is 1.34. The number of ether oxygens (including phenoxy) is 2. The van der Waals surface area contributed by atoms with Crippen LogP contribution in [0.1, 0.15) is 10.4 Å². The number of rotatable bonds is 3. The molecule has 2 aliphatic heterocycles. The number of nitrogens with zero attached hydrogens (tertiary/aromatic N) is 3. The van der Waals surface area contributed by atoms with E-state index in [9.17, 15) is 0 Å². The molecule has 32 heavy (non-hydrogen) atoms. The Kier molecular flexibility index (Phi) is 4.20. The molecule has 2 aliphatic rings. The Labute approximate surface area is 196 Å². The zero-order valence-electron chi connectivity index (χ0n) is 17.2. The summed E-state index contributed by atoms with van der Waals surface area (Å²) in [4.78, 5) is 13.6. The molecule has 7 rings (SSSR count). The molecule has 160 valence electrons. The molecule has 2 aromatic carbocycles. The molecule has 3 aromatic heterocycles. The fraction of sp³-hybridized carbons (Fsp3) is 0.217. The van der Waals surface area contributed by atoms with Crippen molar-refractivity contribution in [1.82, 2.24) is 14.9 Å². The van der Waals surface area contributed by atoms with Crippen LogP contribution in [0.25, 0.3) is 31.0 Å². The summed E-state index contributed by atoms with van der Waals surface area (Å²) in [5, 5.41) is 6.73. The number of aromatic nitrogens is 2. The highest BCUT2D eigenvalue weighted by Crippen LogP contribution is 2.47. The van der Waals surface area contributed by atoms with Gasteiger partial charge in [-0.1, -0.05) is 23.5 Å². The van der Waals surface area contributed by atoms with Crippen LogP contribution in [-0.4, -0.2) is 35.3 Å². The summed E-state index contributed by atoms with van der Waals surface area (Å²) in [6.07, 6.45) is 1.04. The zero-order valence-corrected chi connectivity index (χ0v) is 19.6. The summed E-state index contributed by atoms with van der Waals surface area (Å²) >= 11 is 5.23. The second-order valence-electron chi connectivity index (χ2n) is 8.00. The molecular formula is C23H18N4O2S3. The minimum atomic E-state index is 0.276. The standard InChI is InChI=1S/C23H18N4O2S3/c1-27-7-6-12-19(10-27)31-22(20(12)21-24-13-4-2-3-5-17(13)30-21)26-23-25-14-8-15-16(29-11-28-15)9-18(14)32-23/h2-5,8-9H,6-7,10-11H2,1H3,(H,25,26). The van der Waals surface area contributed by atoms with Crippen molar-refractivity contribution in [3.8, 4) is 22.1 Å². The average molecular weight is 479 g/mol. The van der Waals surface area contributed by atoms with Gasteiger partial charge in [0.05, 0.1) is 20.4 Å². The van der Waals surface area contributed by atoms with E-state index in [1.807, 2.05) is 23.5 Å². The number of thiophene rings is 1. The third-order valence-electron chi connectivity index (χ3n) is 5.86. The van der Waals surface area contributed by atoms with Gasteiger partial charge in [-0.3, -0.25) is 0 Å². The lowest BCUT2D eigenvalue weighted by atomic mass is 10.0. The summed E-state index contributed by atoms with van der Waals surface area (Å²) in [5.41, 5.74) is 4.65. The lowest BCUT2D eigenvalue weighted by molar-refractivity contribution is 0.174. The first-order chi connectivity index (χ1) is 15.7. The van der Waals surface area contributed by atoms with Crippen LogP contribution in [0, 0.1) is 0 Å². The van der Waals surface area contributed by atoms with Crippen molar-refractivity contribution < 1.29 is 9.47 Å². The van der Waals surface area contributed by atoms with Crippen LogP contribution in [-0.2, 0) is 13.0 Å². The molecule has 0 saturated carbocycles. The van der Waals surface area contributed by atoms with Crippen molar-refractivity contribution in [2.75, 3.05) is 25.7 Å². The number of para-hydroxylation sites is 1. The van der Waals surface area contributed by atoms with E-state index in [-0.39, 0.29) is 6.79 Å². The maximum atomic E-state index is 5.53. The summed E-state index contributed by atoms with van der Waals surface area (Å²) in [6, 6.07) is 12.3. The number of hydrogen-bond acceptors (Lipinski definition) is 9. The first-order valence-corrected chi connectivity index (χ1v) is 12.8. The van der Waals surface area contributed by atoms with E-state index >= 15 is 0 Å². The van der Waals surface area contributed by atoms with Gasteiger partial charge in [-0.05, 0) is 31.2 Å². The van der Waals surface area contributed by atoms with Crippen molar-refractivity contribution in [3.05, 3.63) is 46.8 Å². The highest BCUT2D eigenvalue weighted by atomic mass is 32.1. The topological polar surface area (TPSA) is 59.5 Å². The SMILES string of the molecule is CN1CCc2c(sc(Nc3nc4cc5c(cc4s3)OCO5)c2-c2nc3ccccc3s2)C1. The van der Waals surface area contributed by atoms with E-state index in [1.165, 1.54) is 20.7 Å². The number of benzene rings is 2. The number of fused-ring (bicyclic) bond motifs is 4. The molecule has 0 atom stereocenters. The Hall–Kier alpha value is -2.72. The van der Waals surface area contributed by atoms with Gasteiger partial charge in [0.2, 0.25) is 6.79 Å². The predicted molar refractivity (Wildman–Crippen MR) is 132 cm³/mol. The van der Waals surface area contributed by atoms with Gasteiger partial charge >= 0.3 is 0 Å². The van der Waals surface area contributed by atoms with Crippen molar-refractivity contribution >= 4 is 64.6 Å². The second kappa shape index (κ2) is 7.14. The van der Waals surface area contributed by atoms with Gasteiger partial charge in [0.25, 0.3) is 0 Å². The maximum Gasteiger partial charge on any atom is 0.231 e. The molecule has 0 unspecified atom stereocenters. The molecule has 1 N–H and O–H groups in total. The minimum Gasteiger partial charge on any atom is -0.454 e. The normalized spacial score (nSPS) is 15.5. The summed E-state index contributed by atoms with van der Waals surface area (Å²) in [7, 11) is 2.18. The predicted octanol–water partition coefficient (Wildman–Crippen LogP) is 6.09. The number of thiazole rings is 2. The van der Waals surface area contributed by atoms with Crippen LogP contribution >= 0.6 is 34.0 Å². The number of likely N-dealkylation sites (N-methyl/N-ethyl adjacent to an activating group) is 1. The highest BCUT2D eigenvalue weighted by molar-refractivity contribution is 7.24. The van der Waals surface area contributed by atoms with E-state index in [0.29, 0.717) is 0 Å². The van der Waals surface area contributed by atoms with Crippen LogP contribution in [0.15, 0.2) is 36.4 Å². The van der Waals surface area contributed by atoms with Gasteiger partial charge in [-0.15, -0.1) is 22.7 Å². The monoisotopic (exact) mass is 478 g/mol. The van der Waals surface area contributed by atoms with Gasteiger partial charge in [0, 0.05) is 35.7 Å². The van der Waals surface area contributed by atoms with Crippen LogP contribution in [0.3, 0.4) is 0 Å². The molecule has 5 aromatic rings. The smallest absolute Gasteiger partial charge is 0.231 e. The van der Waals surface area contributed by atoms with Crippen LogP contribution in [0.4, 0.5) is 10.1 Å². The molecule has 0 bridgehead atoms. The largest absolute Gasteiger partial charge is 0.454 e. The summed E-state index contributed by atoms with van der Waals surface area (Å²) < 4.78 is 13.4. The molecule has 0 saturated heterocycles. The maximum absolute atomic E-state index is 5.53. The van der Waals surface area contributed by atoms with Gasteiger partial charge in [0.15, 0.2) is 16.6 Å².